The van der Waals surface area contributed by atoms with Gasteiger partial charge in [-0.1, -0.05) is 60.9 Å². The Kier molecular flexibility index (Phi) is 7.04. The third kappa shape index (κ3) is 4.89. The molecule has 0 saturated carbocycles. The minimum absolute atomic E-state index is 0.0956. The number of benzene rings is 1. The lowest BCUT2D eigenvalue weighted by Gasteiger charge is -2.21. The molecule has 0 aliphatic heterocycles. The van der Waals surface area contributed by atoms with Crippen molar-refractivity contribution in [1.82, 2.24) is 20.1 Å². The molecule has 3 rings (SSSR count). The van der Waals surface area contributed by atoms with Crippen molar-refractivity contribution in [2.75, 3.05) is 0 Å². The molecule has 0 aliphatic carbocycles. The fourth-order valence-electron chi connectivity index (χ4n) is 2.65. The Morgan fingerprint density at radius 1 is 1.25 bits per heavy atom. The summed E-state index contributed by atoms with van der Waals surface area (Å²) in [5.74, 6) is 1.49. The number of halogens is 2. The van der Waals surface area contributed by atoms with Crippen LogP contribution in [0.4, 0.5) is 0 Å². The lowest BCUT2D eigenvalue weighted by atomic mass is 10.0. The predicted molar refractivity (Wildman–Crippen MR) is 116 cm³/mol. The zero-order valence-corrected chi connectivity index (χ0v) is 18.8. The van der Waals surface area contributed by atoms with Crippen molar-refractivity contribution in [3.8, 4) is 0 Å². The Morgan fingerprint density at radius 3 is 2.68 bits per heavy atom. The smallest absolute Gasteiger partial charge is 0.261 e. The molecule has 0 fully saturated rings. The topological polar surface area (TPSA) is 59.8 Å². The number of aromatic nitrogens is 3. The first-order valence-corrected chi connectivity index (χ1v) is 11.3. The molecule has 3 aromatic rings. The van der Waals surface area contributed by atoms with Crippen LogP contribution in [0.3, 0.4) is 0 Å². The quantitative estimate of drug-likeness (QED) is 0.471. The van der Waals surface area contributed by atoms with Gasteiger partial charge in [-0.25, -0.2) is 0 Å². The first kappa shape index (κ1) is 21.2. The van der Waals surface area contributed by atoms with Crippen LogP contribution in [0.25, 0.3) is 0 Å². The monoisotopic (exact) mass is 454 g/mol. The van der Waals surface area contributed by atoms with E-state index < -0.39 is 0 Å². The number of rotatable bonds is 7. The molecule has 0 saturated heterocycles. The number of nitrogens with one attached hydrogen (secondary N) is 1. The maximum atomic E-state index is 12.5. The molecular weight excluding hydrogens is 435 g/mol. The van der Waals surface area contributed by atoms with Crippen LogP contribution in [0.15, 0.2) is 40.9 Å². The minimum atomic E-state index is -0.230. The van der Waals surface area contributed by atoms with Crippen LogP contribution in [0, 0.1) is 5.92 Å². The van der Waals surface area contributed by atoms with Crippen LogP contribution in [0.5, 0.6) is 0 Å². The van der Waals surface area contributed by atoms with Crippen LogP contribution < -0.4 is 5.32 Å². The second-order valence-corrected chi connectivity index (χ2v) is 9.31. The average molecular weight is 455 g/mol. The first-order valence-electron chi connectivity index (χ1n) is 8.67. The van der Waals surface area contributed by atoms with E-state index in [0.29, 0.717) is 20.7 Å². The van der Waals surface area contributed by atoms with Crippen molar-refractivity contribution in [2.45, 2.75) is 30.8 Å². The lowest BCUT2D eigenvalue weighted by molar-refractivity contribution is 0.0926. The van der Waals surface area contributed by atoms with E-state index in [4.69, 9.17) is 23.2 Å². The van der Waals surface area contributed by atoms with Gasteiger partial charge in [0.15, 0.2) is 11.0 Å². The summed E-state index contributed by atoms with van der Waals surface area (Å²) in [5.41, 5.74) is 1.05. The number of thiophene rings is 1. The number of nitrogens with zero attached hydrogens (tertiary/aromatic N) is 3. The Hall–Kier alpha value is -1.54. The number of carbonyl (C=O) groups excluding carboxylic acids is 1. The summed E-state index contributed by atoms with van der Waals surface area (Å²) in [7, 11) is 1.92. The van der Waals surface area contributed by atoms with Gasteiger partial charge in [-0.3, -0.25) is 4.79 Å². The molecule has 1 aromatic carbocycles. The molecule has 0 bridgehead atoms. The number of amides is 1. The second-order valence-electron chi connectivity index (χ2n) is 6.61. The van der Waals surface area contributed by atoms with Gasteiger partial charge >= 0.3 is 0 Å². The highest BCUT2D eigenvalue weighted by atomic mass is 35.5. The van der Waals surface area contributed by atoms with Crippen molar-refractivity contribution in [1.29, 1.82) is 0 Å². The SMILES string of the molecule is CC(C)[C@@H](NC(=O)c1cccs1)c1nnc(SCc2ccc(Cl)c(Cl)c2)n1C. The molecule has 2 aromatic heterocycles. The molecule has 28 heavy (non-hydrogen) atoms. The van der Waals surface area contributed by atoms with Crippen molar-refractivity contribution >= 4 is 52.2 Å². The summed E-state index contributed by atoms with van der Waals surface area (Å²) >= 11 is 15.0. The Labute approximate surface area is 182 Å². The van der Waals surface area contributed by atoms with Crippen LogP contribution in [-0.4, -0.2) is 20.7 Å². The highest BCUT2D eigenvalue weighted by Gasteiger charge is 2.25. The predicted octanol–water partition coefficient (Wildman–Crippen LogP) is 5.60. The van der Waals surface area contributed by atoms with Gasteiger partial charge in [-0.15, -0.1) is 21.5 Å². The van der Waals surface area contributed by atoms with E-state index in [2.05, 4.69) is 29.4 Å². The zero-order valence-electron chi connectivity index (χ0n) is 15.6. The number of hydrogen-bond donors (Lipinski definition) is 1. The normalized spacial score (nSPS) is 12.4. The highest BCUT2D eigenvalue weighted by Crippen LogP contribution is 2.29. The molecule has 1 amide bonds. The maximum absolute atomic E-state index is 12.5. The Morgan fingerprint density at radius 2 is 2.04 bits per heavy atom. The van der Waals surface area contributed by atoms with Gasteiger partial charge in [0.2, 0.25) is 0 Å². The average Bonchev–Trinajstić information content (AvgIpc) is 3.31. The molecule has 0 unspecified atom stereocenters. The van der Waals surface area contributed by atoms with Gasteiger partial charge in [0.1, 0.15) is 0 Å². The third-order valence-corrected chi connectivity index (χ3v) is 6.90. The van der Waals surface area contributed by atoms with Gasteiger partial charge < -0.3 is 9.88 Å². The first-order chi connectivity index (χ1) is 13.4. The molecule has 0 aliphatic rings. The van der Waals surface area contributed by atoms with E-state index in [9.17, 15) is 4.79 Å². The number of hydrogen-bond acceptors (Lipinski definition) is 5. The third-order valence-electron chi connectivity index (χ3n) is 4.20. The second kappa shape index (κ2) is 9.31. The lowest BCUT2D eigenvalue weighted by Crippen LogP contribution is -2.33. The Balaban J connectivity index is 1.73. The highest BCUT2D eigenvalue weighted by molar-refractivity contribution is 7.98. The van der Waals surface area contributed by atoms with E-state index in [1.54, 1.807) is 17.8 Å². The fraction of sp³-hybridized carbons (Fsp3) is 0.316. The summed E-state index contributed by atoms with van der Waals surface area (Å²) in [6.45, 7) is 4.10. The van der Waals surface area contributed by atoms with E-state index in [0.717, 1.165) is 16.5 Å². The van der Waals surface area contributed by atoms with Crippen LogP contribution in [-0.2, 0) is 12.8 Å². The minimum Gasteiger partial charge on any atom is -0.341 e. The molecule has 9 heteroatoms. The van der Waals surface area contributed by atoms with Gasteiger partial charge in [0, 0.05) is 12.8 Å². The molecule has 5 nitrogen and oxygen atoms in total. The van der Waals surface area contributed by atoms with E-state index in [1.165, 1.54) is 11.3 Å². The van der Waals surface area contributed by atoms with E-state index in [-0.39, 0.29) is 17.9 Å². The summed E-state index contributed by atoms with van der Waals surface area (Å²) in [5, 5.41) is 15.5. The van der Waals surface area contributed by atoms with Crippen molar-refractivity contribution in [3.63, 3.8) is 0 Å². The van der Waals surface area contributed by atoms with Crippen LogP contribution in [0.1, 0.15) is 40.9 Å². The summed E-state index contributed by atoms with van der Waals surface area (Å²) < 4.78 is 1.93. The molecule has 148 valence electrons. The molecule has 1 atom stereocenters. The maximum Gasteiger partial charge on any atom is 0.261 e. The number of thioether (sulfide) groups is 1. The van der Waals surface area contributed by atoms with Gasteiger partial charge in [-0.05, 0) is 35.1 Å². The Bertz CT molecular complexity index is 957. The van der Waals surface area contributed by atoms with Crippen LogP contribution >= 0.6 is 46.3 Å². The molecular formula is C19H20Cl2N4OS2. The van der Waals surface area contributed by atoms with Gasteiger partial charge in [-0.2, -0.15) is 0 Å². The van der Waals surface area contributed by atoms with Gasteiger partial charge in [0.25, 0.3) is 5.91 Å². The standard InChI is InChI=1S/C19H20Cl2N4OS2/c1-11(2)16(22-18(26)15-5-4-8-27-15)17-23-24-19(25(17)3)28-10-12-6-7-13(20)14(21)9-12/h4-9,11,16H,10H2,1-3H3,(H,22,26)/t16-/m1/s1. The van der Waals surface area contributed by atoms with Gasteiger partial charge in [0.05, 0.1) is 21.0 Å². The molecule has 1 N–H and O–H groups in total. The van der Waals surface area contributed by atoms with Crippen molar-refractivity contribution in [2.24, 2.45) is 13.0 Å². The molecule has 0 spiro atoms. The van der Waals surface area contributed by atoms with Crippen LogP contribution in [0.2, 0.25) is 10.0 Å². The summed E-state index contributed by atoms with van der Waals surface area (Å²) in [6.07, 6.45) is 0. The zero-order chi connectivity index (χ0) is 20.3. The largest absolute Gasteiger partial charge is 0.341 e. The summed E-state index contributed by atoms with van der Waals surface area (Å²) in [4.78, 5) is 13.2. The van der Waals surface area contributed by atoms with Crippen molar-refractivity contribution in [3.05, 3.63) is 62.0 Å². The fourth-order valence-corrected chi connectivity index (χ4v) is 4.46. The molecule has 0 radical (unpaired) electrons. The molecule has 2 heterocycles. The summed E-state index contributed by atoms with van der Waals surface area (Å²) in [6, 6.07) is 9.03. The van der Waals surface area contributed by atoms with E-state index in [1.807, 2.05) is 41.3 Å². The van der Waals surface area contributed by atoms with Crippen molar-refractivity contribution < 1.29 is 4.79 Å². The van der Waals surface area contributed by atoms with E-state index >= 15 is 0 Å². The number of carbonyl (C=O) groups is 1.